The number of carbonyl (C=O) groups excluding carboxylic acids is 1. The molecule has 0 aliphatic carbocycles. The highest BCUT2D eigenvalue weighted by atomic mass is 16.2. The minimum Gasteiger partial charge on any atom is -0.355 e. The van der Waals surface area contributed by atoms with Crippen LogP contribution in [0.2, 0.25) is 0 Å². The number of hydrogen-bond acceptors (Lipinski definition) is 7. The number of anilines is 2. The number of rotatable bonds is 5. The molecular weight excluding hydrogens is 394 g/mol. The van der Waals surface area contributed by atoms with Crippen LogP contribution >= 0.6 is 0 Å². The van der Waals surface area contributed by atoms with E-state index in [0.717, 1.165) is 49.4 Å². The molecular formula is C21H23N9O. The predicted molar refractivity (Wildman–Crippen MR) is 116 cm³/mol. The van der Waals surface area contributed by atoms with E-state index in [1.807, 2.05) is 0 Å². The number of benzene rings is 1. The van der Waals surface area contributed by atoms with Gasteiger partial charge in [0.2, 0.25) is 11.9 Å². The Balaban J connectivity index is 1.20. The maximum absolute atomic E-state index is 12.8. The molecule has 10 nitrogen and oxygen atoms in total. The van der Waals surface area contributed by atoms with Gasteiger partial charge in [0.05, 0.1) is 24.3 Å². The van der Waals surface area contributed by atoms with Gasteiger partial charge in [0.15, 0.2) is 11.5 Å². The molecule has 1 saturated heterocycles. The lowest BCUT2D eigenvalue weighted by Gasteiger charge is -2.32. The van der Waals surface area contributed by atoms with Gasteiger partial charge in [-0.2, -0.15) is 4.52 Å². The molecule has 4 heterocycles. The second-order valence-electron chi connectivity index (χ2n) is 7.66. The Morgan fingerprint density at radius 2 is 1.97 bits per heavy atom. The van der Waals surface area contributed by atoms with Crippen LogP contribution in [0.4, 0.5) is 11.8 Å². The van der Waals surface area contributed by atoms with Crippen molar-refractivity contribution in [2.45, 2.75) is 26.2 Å². The summed E-state index contributed by atoms with van der Waals surface area (Å²) in [4.78, 5) is 26.7. The normalized spacial score (nSPS) is 14.8. The average molecular weight is 417 g/mol. The van der Waals surface area contributed by atoms with Crippen LogP contribution in [0.3, 0.4) is 0 Å². The Morgan fingerprint density at radius 3 is 2.74 bits per heavy atom. The first-order valence-electron chi connectivity index (χ1n) is 10.4. The lowest BCUT2D eigenvalue weighted by atomic mass is 9.96. The van der Waals surface area contributed by atoms with Crippen molar-refractivity contribution >= 4 is 23.3 Å². The zero-order valence-corrected chi connectivity index (χ0v) is 17.2. The second kappa shape index (κ2) is 8.13. The van der Waals surface area contributed by atoms with Gasteiger partial charge in [-0.1, -0.05) is 31.2 Å². The summed E-state index contributed by atoms with van der Waals surface area (Å²) in [6.45, 7) is 3.59. The molecule has 1 aliphatic heterocycles. The molecule has 0 atom stereocenters. The van der Waals surface area contributed by atoms with E-state index in [9.17, 15) is 4.79 Å². The highest BCUT2D eigenvalue weighted by Crippen LogP contribution is 2.24. The van der Waals surface area contributed by atoms with E-state index in [1.165, 1.54) is 5.56 Å². The lowest BCUT2D eigenvalue weighted by molar-refractivity contribution is -0.120. The summed E-state index contributed by atoms with van der Waals surface area (Å²) in [6, 6.07) is 8.34. The van der Waals surface area contributed by atoms with Crippen molar-refractivity contribution in [1.82, 2.24) is 35.0 Å². The topological polar surface area (TPSA) is 117 Å². The number of carbonyl (C=O) groups is 1. The molecule has 5 rings (SSSR count). The zero-order chi connectivity index (χ0) is 21.2. The number of tetrazole rings is 1. The smallest absolute Gasteiger partial charge is 0.229 e. The van der Waals surface area contributed by atoms with Gasteiger partial charge in [-0.05, 0) is 40.8 Å². The standard InChI is InChI=1S/C21H23N9O/c1-2-14-3-5-15(6-4-14)17-11-23-21(24-17)25-20(31)16-7-9-29(10-8-16)19-13-22-12-18-26-27-28-30(18)19/h3-6,11-13,16H,2,7-10H2,1H3,(H2,23,24,25,31). The molecule has 4 aromatic rings. The number of H-pyrrole nitrogens is 1. The molecule has 3 aromatic heterocycles. The first kappa shape index (κ1) is 19.2. The number of hydrogen-bond donors (Lipinski definition) is 2. The number of amides is 1. The summed E-state index contributed by atoms with van der Waals surface area (Å²) in [7, 11) is 0. The molecule has 1 fully saturated rings. The third-order valence-corrected chi connectivity index (χ3v) is 5.77. The lowest BCUT2D eigenvalue weighted by Crippen LogP contribution is -2.39. The van der Waals surface area contributed by atoms with Crippen LogP contribution in [0, 0.1) is 5.92 Å². The molecule has 1 aromatic carbocycles. The van der Waals surface area contributed by atoms with E-state index >= 15 is 0 Å². The van der Waals surface area contributed by atoms with Crippen LogP contribution in [0.15, 0.2) is 42.9 Å². The summed E-state index contributed by atoms with van der Waals surface area (Å²) < 4.78 is 1.67. The second-order valence-corrected chi connectivity index (χ2v) is 7.66. The Labute approximate surface area is 178 Å². The van der Waals surface area contributed by atoms with Gasteiger partial charge in [-0.3, -0.25) is 15.1 Å². The van der Waals surface area contributed by atoms with E-state index in [1.54, 1.807) is 23.1 Å². The van der Waals surface area contributed by atoms with Crippen LogP contribution in [0.25, 0.3) is 16.9 Å². The van der Waals surface area contributed by atoms with E-state index in [-0.39, 0.29) is 11.8 Å². The first-order valence-corrected chi connectivity index (χ1v) is 10.4. The molecule has 0 radical (unpaired) electrons. The van der Waals surface area contributed by atoms with Gasteiger partial charge in [0.25, 0.3) is 0 Å². The zero-order valence-electron chi connectivity index (χ0n) is 17.2. The van der Waals surface area contributed by atoms with Crippen LogP contribution in [0.1, 0.15) is 25.3 Å². The quantitative estimate of drug-likeness (QED) is 0.512. The fourth-order valence-corrected chi connectivity index (χ4v) is 3.92. The molecule has 1 aliphatic rings. The molecule has 2 N–H and O–H groups in total. The van der Waals surface area contributed by atoms with Gasteiger partial charge in [0.1, 0.15) is 0 Å². The third kappa shape index (κ3) is 3.83. The Morgan fingerprint density at radius 1 is 1.16 bits per heavy atom. The van der Waals surface area contributed by atoms with Crippen molar-refractivity contribution in [2.75, 3.05) is 23.3 Å². The van der Waals surface area contributed by atoms with E-state index in [4.69, 9.17) is 0 Å². The van der Waals surface area contributed by atoms with Gasteiger partial charge in [-0.25, -0.2) is 4.98 Å². The maximum atomic E-state index is 12.8. The van der Waals surface area contributed by atoms with Crippen molar-refractivity contribution in [3.05, 3.63) is 48.4 Å². The van der Waals surface area contributed by atoms with Gasteiger partial charge >= 0.3 is 0 Å². The number of aromatic nitrogens is 7. The molecule has 158 valence electrons. The average Bonchev–Trinajstić information content (AvgIpc) is 3.49. The number of aryl methyl sites for hydroxylation is 1. The van der Waals surface area contributed by atoms with Crippen molar-refractivity contribution in [2.24, 2.45) is 5.92 Å². The number of fused-ring (bicyclic) bond motifs is 1. The van der Waals surface area contributed by atoms with E-state index in [2.05, 4.69) is 71.9 Å². The molecule has 0 unspecified atom stereocenters. The Bertz CT molecular complexity index is 1190. The summed E-state index contributed by atoms with van der Waals surface area (Å²) in [5, 5.41) is 14.6. The minimum atomic E-state index is -0.0744. The van der Waals surface area contributed by atoms with Gasteiger partial charge in [-0.15, -0.1) is 5.10 Å². The molecule has 1 amide bonds. The number of nitrogens with zero attached hydrogens (tertiary/aromatic N) is 7. The first-order chi connectivity index (χ1) is 15.2. The van der Waals surface area contributed by atoms with Gasteiger partial charge < -0.3 is 9.88 Å². The van der Waals surface area contributed by atoms with Crippen LogP contribution in [0.5, 0.6) is 0 Å². The van der Waals surface area contributed by atoms with Crippen molar-refractivity contribution < 1.29 is 4.79 Å². The number of imidazole rings is 1. The largest absolute Gasteiger partial charge is 0.355 e. The van der Waals surface area contributed by atoms with Crippen LogP contribution < -0.4 is 10.2 Å². The minimum absolute atomic E-state index is 0.0133. The number of aromatic amines is 1. The number of piperidine rings is 1. The van der Waals surface area contributed by atoms with Crippen LogP contribution in [-0.2, 0) is 11.2 Å². The maximum Gasteiger partial charge on any atom is 0.229 e. The monoisotopic (exact) mass is 417 g/mol. The fraction of sp³-hybridized carbons (Fsp3) is 0.333. The molecule has 0 bridgehead atoms. The molecule has 31 heavy (non-hydrogen) atoms. The Hall–Kier alpha value is -3.82. The summed E-state index contributed by atoms with van der Waals surface area (Å²) in [6.07, 6.45) is 7.59. The Kier molecular flexibility index (Phi) is 5.03. The highest BCUT2D eigenvalue weighted by Gasteiger charge is 2.27. The van der Waals surface area contributed by atoms with E-state index in [0.29, 0.717) is 11.6 Å². The summed E-state index contributed by atoms with van der Waals surface area (Å²) in [5.41, 5.74) is 3.82. The predicted octanol–water partition coefficient (Wildman–Crippen LogP) is 2.33. The van der Waals surface area contributed by atoms with Crippen LogP contribution in [-0.4, -0.2) is 54.0 Å². The molecule has 0 saturated carbocycles. The summed E-state index contributed by atoms with van der Waals surface area (Å²) >= 11 is 0. The van der Waals surface area contributed by atoms with Crippen molar-refractivity contribution in [1.29, 1.82) is 0 Å². The SMILES string of the molecule is CCc1ccc(-c2cnc(NC(=O)C3CCN(c4cncc5nnnn45)CC3)[nH]2)cc1. The van der Waals surface area contributed by atoms with Gasteiger partial charge in [0, 0.05) is 19.0 Å². The van der Waals surface area contributed by atoms with Crippen molar-refractivity contribution in [3.8, 4) is 11.3 Å². The number of nitrogens with one attached hydrogen (secondary N) is 2. The van der Waals surface area contributed by atoms with E-state index < -0.39 is 0 Å². The third-order valence-electron chi connectivity index (χ3n) is 5.77. The molecule has 10 heteroatoms. The summed E-state index contributed by atoms with van der Waals surface area (Å²) in [5.74, 6) is 1.23. The van der Waals surface area contributed by atoms with Crippen molar-refractivity contribution in [3.63, 3.8) is 0 Å². The fourth-order valence-electron chi connectivity index (χ4n) is 3.92. The highest BCUT2D eigenvalue weighted by molar-refractivity contribution is 5.91. The molecule has 0 spiro atoms.